The molecule has 0 N–H and O–H groups in total. The lowest BCUT2D eigenvalue weighted by Gasteiger charge is -2.37. The third-order valence-electron chi connectivity index (χ3n) is 7.93. The first-order valence-corrected chi connectivity index (χ1v) is 14.7. The first kappa shape index (κ1) is 29.5. The largest absolute Gasteiger partial charge is 0.494 e. The Hall–Kier alpha value is -2.46. The second-order valence-corrected chi connectivity index (χ2v) is 10.7. The molecule has 3 aliphatic rings. The van der Waals surface area contributed by atoms with Crippen LogP contribution < -0.4 is 9.47 Å². The second kappa shape index (κ2) is 15.4. The van der Waals surface area contributed by atoms with Crippen LogP contribution in [-0.2, 0) is 9.53 Å². The van der Waals surface area contributed by atoms with Crippen LogP contribution in [0, 0.1) is 0 Å². The first-order valence-electron chi connectivity index (χ1n) is 14.7. The van der Waals surface area contributed by atoms with Crippen molar-refractivity contribution < 1.29 is 23.8 Å². The van der Waals surface area contributed by atoms with Gasteiger partial charge in [-0.3, -0.25) is 19.4 Å². The van der Waals surface area contributed by atoms with Crippen LogP contribution in [0.4, 0.5) is 0 Å². The molecule has 0 radical (unpaired) electrons. The molecule has 4 rings (SSSR count). The van der Waals surface area contributed by atoms with Gasteiger partial charge in [-0.05, 0) is 71.0 Å². The smallest absolute Gasteiger partial charge is 0.246 e. The molecule has 9 heteroatoms. The van der Waals surface area contributed by atoms with Gasteiger partial charge in [0, 0.05) is 64.0 Å². The number of allylic oxidation sites excluding steroid dienone is 1. The number of likely N-dealkylation sites (N-methyl/N-ethyl adjacent to an activating group) is 1. The summed E-state index contributed by atoms with van der Waals surface area (Å²) in [6, 6.07) is 5.81. The monoisotopic (exact) mass is 542 g/mol. The summed E-state index contributed by atoms with van der Waals surface area (Å²) < 4.78 is 17.1. The van der Waals surface area contributed by atoms with Crippen LogP contribution >= 0.6 is 0 Å². The zero-order valence-electron chi connectivity index (χ0n) is 23.8. The average Bonchev–Trinajstić information content (AvgIpc) is 3.19. The van der Waals surface area contributed by atoms with E-state index in [1.54, 1.807) is 18.2 Å². The van der Waals surface area contributed by atoms with Gasteiger partial charge in [0.1, 0.15) is 11.5 Å². The number of amides is 1. The van der Waals surface area contributed by atoms with Gasteiger partial charge in [-0.1, -0.05) is 0 Å². The molecular weight excluding hydrogens is 496 g/mol. The second-order valence-electron chi connectivity index (χ2n) is 10.7. The highest BCUT2D eigenvalue weighted by Crippen LogP contribution is 2.26. The van der Waals surface area contributed by atoms with E-state index in [9.17, 15) is 9.59 Å². The molecule has 1 amide bonds. The number of nitrogens with zero attached hydrogens (tertiary/aromatic N) is 4. The molecule has 39 heavy (non-hydrogen) atoms. The molecule has 3 aliphatic heterocycles. The minimum atomic E-state index is -0.238. The molecule has 0 spiro atoms. The first-order chi connectivity index (χ1) is 19.0. The molecule has 216 valence electrons. The van der Waals surface area contributed by atoms with Crippen LogP contribution in [0.25, 0.3) is 0 Å². The Morgan fingerprint density at radius 2 is 1.77 bits per heavy atom. The molecular formula is C30H46N4O5. The van der Waals surface area contributed by atoms with Gasteiger partial charge in [0.15, 0.2) is 5.78 Å². The van der Waals surface area contributed by atoms with Gasteiger partial charge >= 0.3 is 0 Å². The molecule has 3 fully saturated rings. The van der Waals surface area contributed by atoms with E-state index in [0.29, 0.717) is 36.3 Å². The van der Waals surface area contributed by atoms with E-state index in [4.69, 9.17) is 14.2 Å². The quantitative estimate of drug-likeness (QED) is 0.240. The maximum atomic E-state index is 13.1. The highest BCUT2D eigenvalue weighted by Gasteiger charge is 2.27. The summed E-state index contributed by atoms with van der Waals surface area (Å²) >= 11 is 0. The van der Waals surface area contributed by atoms with Crippen molar-refractivity contribution in [3.05, 3.63) is 35.9 Å². The summed E-state index contributed by atoms with van der Waals surface area (Å²) in [6.45, 7) is 13.3. The molecule has 0 aliphatic carbocycles. The molecule has 0 saturated carbocycles. The summed E-state index contributed by atoms with van der Waals surface area (Å²) in [5.74, 6) is 0.819. The van der Waals surface area contributed by atoms with Crippen molar-refractivity contribution in [1.82, 2.24) is 19.6 Å². The molecule has 3 saturated heterocycles. The normalized spacial score (nSPS) is 20.7. The molecule has 0 atom stereocenters. The molecule has 9 nitrogen and oxygen atoms in total. The SMILES string of the molecule is CCOc1ccc(C(=O)C=CC(=O)N2CCC(N3CCCN(C)CC3)CC2)c(OCCCN2CCOCC2)c1. The van der Waals surface area contributed by atoms with Crippen LogP contribution in [0.15, 0.2) is 30.4 Å². The number of carbonyl (C=O) groups excluding carboxylic acids is 2. The number of hydrogen-bond donors (Lipinski definition) is 0. The minimum absolute atomic E-state index is 0.101. The van der Waals surface area contributed by atoms with Crippen molar-refractivity contribution in [3.8, 4) is 11.5 Å². The predicted octanol–water partition coefficient (Wildman–Crippen LogP) is 2.55. The Balaban J connectivity index is 1.29. The number of piperidine rings is 1. The van der Waals surface area contributed by atoms with Crippen molar-refractivity contribution in [1.29, 1.82) is 0 Å². The van der Waals surface area contributed by atoms with E-state index in [1.165, 1.54) is 18.6 Å². The highest BCUT2D eigenvalue weighted by molar-refractivity contribution is 6.09. The molecule has 1 aromatic carbocycles. The maximum Gasteiger partial charge on any atom is 0.246 e. The summed E-state index contributed by atoms with van der Waals surface area (Å²) in [7, 11) is 2.19. The van der Waals surface area contributed by atoms with Crippen molar-refractivity contribution in [2.75, 3.05) is 92.4 Å². The fraction of sp³-hybridized carbons (Fsp3) is 0.667. The van der Waals surface area contributed by atoms with E-state index in [0.717, 1.165) is 91.4 Å². The van der Waals surface area contributed by atoms with Gasteiger partial charge in [-0.2, -0.15) is 0 Å². The topological polar surface area (TPSA) is 74.8 Å². The Bertz CT molecular complexity index is 957. The minimum Gasteiger partial charge on any atom is -0.494 e. The number of likely N-dealkylation sites (tertiary alicyclic amines) is 1. The lowest BCUT2D eigenvalue weighted by molar-refractivity contribution is -0.127. The third-order valence-corrected chi connectivity index (χ3v) is 7.93. The number of morpholine rings is 1. The summed E-state index contributed by atoms with van der Waals surface area (Å²) in [6.07, 6.45) is 6.82. The van der Waals surface area contributed by atoms with Crippen molar-refractivity contribution in [2.24, 2.45) is 0 Å². The fourth-order valence-corrected chi connectivity index (χ4v) is 5.60. The number of rotatable bonds is 11. The zero-order valence-corrected chi connectivity index (χ0v) is 23.8. The molecule has 3 heterocycles. The number of benzene rings is 1. The van der Waals surface area contributed by atoms with E-state index in [1.807, 2.05) is 11.8 Å². The van der Waals surface area contributed by atoms with Gasteiger partial charge in [-0.25, -0.2) is 0 Å². The van der Waals surface area contributed by atoms with E-state index >= 15 is 0 Å². The Morgan fingerprint density at radius 1 is 0.974 bits per heavy atom. The number of hydrogen-bond acceptors (Lipinski definition) is 8. The molecule has 1 aromatic rings. The molecule has 0 unspecified atom stereocenters. The summed E-state index contributed by atoms with van der Waals surface area (Å²) in [4.78, 5) is 35.2. The van der Waals surface area contributed by atoms with Crippen LogP contribution in [-0.4, -0.2) is 130 Å². The maximum absolute atomic E-state index is 13.1. The Labute approximate surface area is 233 Å². The van der Waals surface area contributed by atoms with Gasteiger partial charge in [-0.15, -0.1) is 0 Å². The lowest BCUT2D eigenvalue weighted by atomic mass is 10.0. The average molecular weight is 543 g/mol. The van der Waals surface area contributed by atoms with Crippen LogP contribution in [0.5, 0.6) is 11.5 Å². The van der Waals surface area contributed by atoms with E-state index < -0.39 is 0 Å². The van der Waals surface area contributed by atoms with Crippen molar-refractivity contribution >= 4 is 11.7 Å². The predicted molar refractivity (Wildman–Crippen MR) is 152 cm³/mol. The van der Waals surface area contributed by atoms with Gasteiger partial charge in [0.2, 0.25) is 5.91 Å². The number of ketones is 1. The Morgan fingerprint density at radius 3 is 2.54 bits per heavy atom. The van der Waals surface area contributed by atoms with E-state index in [2.05, 4.69) is 21.7 Å². The fourth-order valence-electron chi connectivity index (χ4n) is 5.60. The summed E-state index contributed by atoms with van der Waals surface area (Å²) in [5, 5.41) is 0. The van der Waals surface area contributed by atoms with Crippen molar-refractivity contribution in [2.45, 2.75) is 38.6 Å². The zero-order chi connectivity index (χ0) is 27.5. The highest BCUT2D eigenvalue weighted by atomic mass is 16.5. The molecule has 0 bridgehead atoms. The van der Waals surface area contributed by atoms with Gasteiger partial charge in [0.05, 0.1) is 32.0 Å². The molecule has 0 aromatic heterocycles. The van der Waals surface area contributed by atoms with Crippen LogP contribution in [0.3, 0.4) is 0 Å². The standard InChI is InChI=1S/C30H46N4O5/c1-3-38-26-6-7-27(29(24-26)39-21-5-13-32-19-22-37-23-20-32)28(35)8-9-30(36)34-15-10-25(11-16-34)33-14-4-12-31(2)17-18-33/h6-9,24-25H,3-5,10-23H2,1-2H3. The number of carbonyl (C=O) groups is 2. The number of ether oxygens (including phenoxy) is 3. The lowest BCUT2D eigenvalue weighted by Crippen LogP contribution is -2.47. The van der Waals surface area contributed by atoms with Crippen LogP contribution in [0.1, 0.15) is 43.0 Å². The summed E-state index contributed by atoms with van der Waals surface area (Å²) in [5.41, 5.74) is 0.443. The van der Waals surface area contributed by atoms with Crippen molar-refractivity contribution in [3.63, 3.8) is 0 Å². The third kappa shape index (κ3) is 9.03. The van der Waals surface area contributed by atoms with Crippen LogP contribution in [0.2, 0.25) is 0 Å². The van der Waals surface area contributed by atoms with Gasteiger partial charge < -0.3 is 24.0 Å². The van der Waals surface area contributed by atoms with Gasteiger partial charge in [0.25, 0.3) is 0 Å². The van der Waals surface area contributed by atoms with E-state index in [-0.39, 0.29) is 11.7 Å². The Kier molecular flexibility index (Phi) is 11.6.